The normalized spacial score (nSPS) is 14.1. The number of rotatable bonds is 5. The minimum Gasteiger partial charge on any atom is -0.467 e. The molecule has 0 unspecified atom stereocenters. The summed E-state index contributed by atoms with van der Waals surface area (Å²) in [6, 6.07) is 15.3. The maximum absolute atomic E-state index is 13.3. The molecule has 152 valence electrons. The standard InChI is InChI=1S/C25H24N2O3/c1-15-7-10-21(18(4)12-15)26-23-22(19-9-8-16(2)17(3)13-19)24(28)27(25(23)29)14-20-6-5-11-30-20/h5-13,26H,14H2,1-4H3. The van der Waals surface area contributed by atoms with Crippen LogP contribution in [-0.2, 0) is 16.1 Å². The summed E-state index contributed by atoms with van der Waals surface area (Å²) in [5.41, 5.74) is 6.55. The van der Waals surface area contributed by atoms with Crippen LogP contribution in [0.25, 0.3) is 5.57 Å². The Balaban J connectivity index is 1.80. The number of carbonyl (C=O) groups excluding carboxylic acids is 2. The van der Waals surface area contributed by atoms with Crippen LogP contribution in [0.3, 0.4) is 0 Å². The van der Waals surface area contributed by atoms with Crippen molar-refractivity contribution in [1.29, 1.82) is 0 Å². The van der Waals surface area contributed by atoms with Crippen molar-refractivity contribution in [3.8, 4) is 0 Å². The summed E-state index contributed by atoms with van der Waals surface area (Å²) in [5.74, 6) is -0.125. The van der Waals surface area contributed by atoms with E-state index in [9.17, 15) is 9.59 Å². The van der Waals surface area contributed by atoms with Gasteiger partial charge in [-0.25, -0.2) is 0 Å². The fourth-order valence-corrected chi connectivity index (χ4v) is 3.65. The van der Waals surface area contributed by atoms with E-state index < -0.39 is 0 Å². The highest BCUT2D eigenvalue weighted by molar-refractivity contribution is 6.36. The smallest absolute Gasteiger partial charge is 0.278 e. The molecule has 1 aliphatic heterocycles. The first-order valence-corrected chi connectivity index (χ1v) is 9.90. The van der Waals surface area contributed by atoms with Crippen LogP contribution in [0.5, 0.6) is 0 Å². The van der Waals surface area contributed by atoms with Crippen molar-refractivity contribution in [1.82, 2.24) is 4.90 Å². The number of carbonyl (C=O) groups is 2. The van der Waals surface area contributed by atoms with Gasteiger partial charge < -0.3 is 9.73 Å². The van der Waals surface area contributed by atoms with E-state index in [-0.39, 0.29) is 18.4 Å². The Hall–Kier alpha value is -3.60. The molecule has 30 heavy (non-hydrogen) atoms. The molecule has 1 N–H and O–H groups in total. The molecular formula is C25H24N2O3. The lowest BCUT2D eigenvalue weighted by Crippen LogP contribution is -2.31. The van der Waals surface area contributed by atoms with Crippen molar-refractivity contribution in [2.24, 2.45) is 0 Å². The van der Waals surface area contributed by atoms with Gasteiger partial charge in [-0.3, -0.25) is 14.5 Å². The molecule has 2 heterocycles. The summed E-state index contributed by atoms with van der Waals surface area (Å²) in [7, 11) is 0. The van der Waals surface area contributed by atoms with Gasteiger partial charge in [-0.2, -0.15) is 0 Å². The molecule has 0 radical (unpaired) electrons. The van der Waals surface area contributed by atoms with Gasteiger partial charge in [0.2, 0.25) is 0 Å². The van der Waals surface area contributed by atoms with Crippen LogP contribution in [0.15, 0.2) is 64.9 Å². The maximum atomic E-state index is 13.3. The van der Waals surface area contributed by atoms with Crippen molar-refractivity contribution < 1.29 is 14.0 Å². The maximum Gasteiger partial charge on any atom is 0.278 e. The molecule has 0 fully saturated rings. The Bertz CT molecular complexity index is 1170. The molecule has 0 atom stereocenters. The third kappa shape index (κ3) is 3.54. The zero-order valence-corrected chi connectivity index (χ0v) is 17.6. The summed E-state index contributed by atoms with van der Waals surface area (Å²) < 4.78 is 5.37. The molecule has 4 rings (SSSR count). The topological polar surface area (TPSA) is 62.6 Å². The van der Waals surface area contributed by atoms with Crippen molar-refractivity contribution >= 4 is 23.1 Å². The second-order valence-corrected chi connectivity index (χ2v) is 7.77. The predicted octanol–water partition coefficient (Wildman–Crippen LogP) is 4.91. The van der Waals surface area contributed by atoms with E-state index in [1.165, 1.54) is 11.2 Å². The lowest BCUT2D eigenvalue weighted by molar-refractivity contribution is -0.137. The molecule has 2 aromatic carbocycles. The van der Waals surface area contributed by atoms with Gasteiger partial charge in [0, 0.05) is 5.69 Å². The van der Waals surface area contributed by atoms with Crippen LogP contribution < -0.4 is 5.32 Å². The summed E-state index contributed by atoms with van der Waals surface area (Å²) in [4.78, 5) is 27.9. The highest BCUT2D eigenvalue weighted by atomic mass is 16.3. The van der Waals surface area contributed by atoms with Gasteiger partial charge >= 0.3 is 0 Å². The molecule has 1 aromatic heterocycles. The second-order valence-electron chi connectivity index (χ2n) is 7.77. The second kappa shape index (κ2) is 7.67. The quantitative estimate of drug-likeness (QED) is 0.619. The van der Waals surface area contributed by atoms with Gasteiger partial charge in [0.25, 0.3) is 11.8 Å². The van der Waals surface area contributed by atoms with Crippen molar-refractivity contribution in [2.45, 2.75) is 34.2 Å². The lowest BCUT2D eigenvalue weighted by atomic mass is 9.99. The van der Waals surface area contributed by atoms with Crippen molar-refractivity contribution in [3.63, 3.8) is 0 Å². The first kappa shape index (κ1) is 19.7. The van der Waals surface area contributed by atoms with Gasteiger partial charge in [-0.1, -0.05) is 35.9 Å². The molecule has 1 aliphatic rings. The highest BCUT2D eigenvalue weighted by Crippen LogP contribution is 2.33. The molecule has 0 bridgehead atoms. The number of benzene rings is 2. The van der Waals surface area contributed by atoms with Crippen LogP contribution in [0.2, 0.25) is 0 Å². The average Bonchev–Trinajstić information content (AvgIpc) is 3.29. The molecule has 5 nitrogen and oxygen atoms in total. The van der Waals surface area contributed by atoms with Crippen LogP contribution in [0, 0.1) is 27.7 Å². The largest absolute Gasteiger partial charge is 0.467 e. The Morgan fingerprint density at radius 3 is 2.33 bits per heavy atom. The van der Waals surface area contributed by atoms with Gasteiger partial charge in [0.05, 0.1) is 18.4 Å². The summed E-state index contributed by atoms with van der Waals surface area (Å²) in [6.07, 6.45) is 1.53. The first-order chi connectivity index (χ1) is 14.3. The molecular weight excluding hydrogens is 376 g/mol. The number of anilines is 1. The van der Waals surface area contributed by atoms with Crippen LogP contribution >= 0.6 is 0 Å². The molecule has 0 saturated carbocycles. The highest BCUT2D eigenvalue weighted by Gasteiger charge is 2.39. The van der Waals surface area contributed by atoms with Gasteiger partial charge in [-0.05, 0) is 68.1 Å². The fraction of sp³-hybridized carbons (Fsp3) is 0.200. The number of furan rings is 1. The van der Waals surface area contributed by atoms with Crippen molar-refractivity contribution in [3.05, 3.63) is 94.1 Å². The van der Waals surface area contributed by atoms with E-state index in [1.54, 1.807) is 12.1 Å². The minimum absolute atomic E-state index is 0.0943. The van der Waals surface area contributed by atoms with Crippen LogP contribution in [0.1, 0.15) is 33.6 Å². The zero-order valence-electron chi connectivity index (χ0n) is 17.6. The van der Waals surface area contributed by atoms with E-state index >= 15 is 0 Å². The number of nitrogens with one attached hydrogen (secondary N) is 1. The predicted molar refractivity (Wildman–Crippen MR) is 117 cm³/mol. The number of nitrogens with zero attached hydrogens (tertiary/aromatic N) is 1. The van der Waals surface area contributed by atoms with E-state index in [1.807, 2.05) is 64.1 Å². The summed E-state index contributed by atoms with van der Waals surface area (Å²) in [5, 5.41) is 3.25. The number of aryl methyl sites for hydroxylation is 4. The number of hydrogen-bond donors (Lipinski definition) is 1. The Morgan fingerprint density at radius 1 is 0.867 bits per heavy atom. The number of amides is 2. The van der Waals surface area contributed by atoms with Crippen molar-refractivity contribution in [2.75, 3.05) is 5.32 Å². The number of hydrogen-bond acceptors (Lipinski definition) is 4. The van der Waals surface area contributed by atoms with Gasteiger partial charge in [0.1, 0.15) is 11.5 Å². The Morgan fingerprint density at radius 2 is 1.67 bits per heavy atom. The Labute approximate surface area is 176 Å². The first-order valence-electron chi connectivity index (χ1n) is 9.90. The lowest BCUT2D eigenvalue weighted by Gasteiger charge is -2.14. The molecule has 0 saturated heterocycles. The van der Waals surface area contributed by atoms with E-state index in [4.69, 9.17) is 4.42 Å². The summed E-state index contributed by atoms with van der Waals surface area (Å²) >= 11 is 0. The minimum atomic E-state index is -0.357. The zero-order chi connectivity index (χ0) is 21.4. The third-order valence-electron chi connectivity index (χ3n) is 5.50. The van der Waals surface area contributed by atoms with E-state index in [0.717, 1.165) is 33.5 Å². The Kier molecular flexibility index (Phi) is 5.04. The average molecular weight is 400 g/mol. The van der Waals surface area contributed by atoms with Gasteiger partial charge in [0.15, 0.2) is 0 Å². The van der Waals surface area contributed by atoms with Crippen LogP contribution in [-0.4, -0.2) is 16.7 Å². The summed E-state index contributed by atoms with van der Waals surface area (Å²) in [6.45, 7) is 8.11. The molecule has 2 amide bonds. The monoisotopic (exact) mass is 400 g/mol. The number of imide groups is 1. The van der Waals surface area contributed by atoms with E-state index in [0.29, 0.717) is 17.0 Å². The molecule has 0 aliphatic carbocycles. The molecule has 5 heteroatoms. The van der Waals surface area contributed by atoms with Crippen LogP contribution in [0.4, 0.5) is 5.69 Å². The molecule has 3 aromatic rings. The van der Waals surface area contributed by atoms with E-state index in [2.05, 4.69) is 5.32 Å². The fourth-order valence-electron chi connectivity index (χ4n) is 3.65. The molecule has 0 spiro atoms. The SMILES string of the molecule is Cc1ccc(NC2=C(c3ccc(C)c(C)c3)C(=O)N(Cc3ccco3)C2=O)c(C)c1. The van der Waals surface area contributed by atoms with Gasteiger partial charge in [-0.15, -0.1) is 0 Å². The third-order valence-corrected chi connectivity index (χ3v) is 5.50.